The molecule has 15 heavy (non-hydrogen) atoms. The van der Waals surface area contributed by atoms with Gasteiger partial charge in [0.25, 0.3) is 0 Å². The van der Waals surface area contributed by atoms with Crippen LogP contribution in [0.1, 0.15) is 50.3 Å². The molecule has 0 atom stereocenters. The Bertz CT molecular complexity index is 362. The molecule has 0 aliphatic heterocycles. The Kier molecular flexibility index (Phi) is 3.52. The van der Waals surface area contributed by atoms with Gasteiger partial charge in [0.15, 0.2) is 0 Å². The van der Waals surface area contributed by atoms with Gasteiger partial charge in [0.2, 0.25) is 0 Å². The van der Waals surface area contributed by atoms with E-state index in [0.717, 1.165) is 11.1 Å². The maximum absolute atomic E-state index is 4.04. The third-order valence-electron chi connectivity index (χ3n) is 2.60. The van der Waals surface area contributed by atoms with Crippen LogP contribution in [-0.4, -0.2) is 0 Å². The first kappa shape index (κ1) is 11.8. The molecule has 0 N–H and O–H groups in total. The summed E-state index contributed by atoms with van der Waals surface area (Å²) >= 11 is 0. The highest BCUT2D eigenvalue weighted by molar-refractivity contribution is 5.74. The molecule has 0 heterocycles. The molecule has 0 radical (unpaired) electrons. The molecule has 0 spiro atoms. The lowest BCUT2D eigenvalue weighted by Gasteiger charge is -2.18. The van der Waals surface area contributed by atoms with E-state index in [2.05, 4.69) is 59.1 Å². The lowest BCUT2D eigenvalue weighted by molar-refractivity contribution is 0.858. The standard InChI is InChI=1S/C15H20/c1-10(2)13-8-7-9-14(11(3)4)15(13)12(5)6/h7-9,12H,1,3H2,2,4-6H3. The molecule has 1 aromatic carbocycles. The molecule has 0 bridgehead atoms. The summed E-state index contributed by atoms with van der Waals surface area (Å²) in [4.78, 5) is 0. The van der Waals surface area contributed by atoms with E-state index in [1.165, 1.54) is 16.7 Å². The van der Waals surface area contributed by atoms with Gasteiger partial charge in [-0.15, -0.1) is 0 Å². The minimum absolute atomic E-state index is 0.504. The van der Waals surface area contributed by atoms with Crippen LogP contribution < -0.4 is 0 Å². The lowest BCUT2D eigenvalue weighted by atomic mass is 9.87. The smallest absolute Gasteiger partial charge is 0.0192 e. The fourth-order valence-electron chi connectivity index (χ4n) is 1.93. The topological polar surface area (TPSA) is 0 Å². The maximum atomic E-state index is 4.04. The third-order valence-corrected chi connectivity index (χ3v) is 2.60. The highest BCUT2D eigenvalue weighted by atomic mass is 14.2. The Balaban J connectivity index is 3.48. The molecule has 0 saturated heterocycles. The fraction of sp³-hybridized carbons (Fsp3) is 0.333. The average molecular weight is 200 g/mol. The molecule has 0 saturated carbocycles. The van der Waals surface area contributed by atoms with Crippen LogP contribution in [0.5, 0.6) is 0 Å². The summed E-state index contributed by atoms with van der Waals surface area (Å²) in [6.07, 6.45) is 0. The van der Waals surface area contributed by atoms with Gasteiger partial charge >= 0.3 is 0 Å². The van der Waals surface area contributed by atoms with E-state index in [1.54, 1.807) is 0 Å². The van der Waals surface area contributed by atoms with Gasteiger partial charge in [-0.05, 0) is 36.5 Å². The normalized spacial score (nSPS) is 10.5. The van der Waals surface area contributed by atoms with E-state index >= 15 is 0 Å². The Labute approximate surface area is 93.3 Å². The van der Waals surface area contributed by atoms with Crippen molar-refractivity contribution in [2.24, 2.45) is 0 Å². The van der Waals surface area contributed by atoms with Crippen LogP contribution in [0.15, 0.2) is 31.4 Å². The van der Waals surface area contributed by atoms with Gasteiger partial charge < -0.3 is 0 Å². The van der Waals surface area contributed by atoms with Crippen LogP contribution in [-0.2, 0) is 0 Å². The quantitative estimate of drug-likeness (QED) is 0.652. The molecule has 0 amide bonds. The minimum Gasteiger partial charge on any atom is -0.0955 e. The van der Waals surface area contributed by atoms with Crippen LogP contribution >= 0.6 is 0 Å². The van der Waals surface area contributed by atoms with Gasteiger partial charge in [-0.2, -0.15) is 0 Å². The summed E-state index contributed by atoms with van der Waals surface area (Å²) in [5.41, 5.74) is 6.16. The Hall–Kier alpha value is -1.30. The molecule has 0 aliphatic rings. The number of benzene rings is 1. The van der Waals surface area contributed by atoms with E-state index in [1.807, 2.05) is 0 Å². The van der Waals surface area contributed by atoms with Gasteiger partial charge in [-0.3, -0.25) is 0 Å². The van der Waals surface area contributed by atoms with Gasteiger partial charge in [0.1, 0.15) is 0 Å². The van der Waals surface area contributed by atoms with Crippen LogP contribution in [0, 0.1) is 0 Å². The molecular weight excluding hydrogens is 180 g/mol. The molecular formula is C15H20. The summed E-state index contributed by atoms with van der Waals surface area (Å²) in [5.74, 6) is 0.504. The fourth-order valence-corrected chi connectivity index (χ4v) is 1.93. The first-order chi connectivity index (χ1) is 6.95. The largest absolute Gasteiger partial charge is 0.0955 e. The second-order valence-corrected chi connectivity index (χ2v) is 4.48. The van der Waals surface area contributed by atoms with Crippen LogP contribution in [0.2, 0.25) is 0 Å². The summed E-state index contributed by atoms with van der Waals surface area (Å²) in [6.45, 7) is 16.6. The SMILES string of the molecule is C=C(C)c1cccc(C(=C)C)c1C(C)C. The van der Waals surface area contributed by atoms with Crippen molar-refractivity contribution in [3.05, 3.63) is 48.0 Å². The third kappa shape index (κ3) is 2.38. The van der Waals surface area contributed by atoms with Crippen molar-refractivity contribution in [1.29, 1.82) is 0 Å². The van der Waals surface area contributed by atoms with Gasteiger partial charge in [0.05, 0.1) is 0 Å². The van der Waals surface area contributed by atoms with Crippen molar-refractivity contribution in [2.45, 2.75) is 33.6 Å². The van der Waals surface area contributed by atoms with Gasteiger partial charge in [-0.25, -0.2) is 0 Å². The molecule has 0 heteroatoms. The van der Waals surface area contributed by atoms with Crippen LogP contribution in [0.4, 0.5) is 0 Å². The summed E-state index contributed by atoms with van der Waals surface area (Å²) in [5, 5.41) is 0. The Morgan fingerprint density at radius 2 is 1.40 bits per heavy atom. The minimum atomic E-state index is 0.504. The Morgan fingerprint density at radius 3 is 1.67 bits per heavy atom. The second kappa shape index (κ2) is 4.48. The second-order valence-electron chi connectivity index (χ2n) is 4.48. The van der Waals surface area contributed by atoms with Crippen LogP contribution in [0.25, 0.3) is 11.1 Å². The molecule has 0 aliphatic carbocycles. The summed E-state index contributed by atoms with van der Waals surface area (Å²) < 4.78 is 0. The summed E-state index contributed by atoms with van der Waals surface area (Å²) in [7, 11) is 0. The summed E-state index contributed by atoms with van der Waals surface area (Å²) in [6, 6.07) is 6.37. The zero-order valence-corrected chi connectivity index (χ0v) is 10.2. The van der Waals surface area contributed by atoms with Gasteiger partial charge in [0, 0.05) is 0 Å². The first-order valence-corrected chi connectivity index (χ1v) is 5.39. The molecule has 0 aromatic heterocycles. The van der Waals surface area contributed by atoms with E-state index in [-0.39, 0.29) is 0 Å². The highest BCUT2D eigenvalue weighted by Gasteiger charge is 2.12. The van der Waals surface area contributed by atoms with Crippen molar-refractivity contribution in [3.63, 3.8) is 0 Å². The maximum Gasteiger partial charge on any atom is -0.0192 e. The number of hydrogen-bond acceptors (Lipinski definition) is 0. The van der Waals surface area contributed by atoms with Crippen LogP contribution in [0.3, 0.4) is 0 Å². The number of rotatable bonds is 3. The molecule has 1 aromatic rings. The van der Waals surface area contributed by atoms with E-state index in [0.29, 0.717) is 5.92 Å². The van der Waals surface area contributed by atoms with Crippen molar-refractivity contribution in [3.8, 4) is 0 Å². The van der Waals surface area contributed by atoms with Gasteiger partial charge in [-0.1, -0.05) is 56.4 Å². The monoisotopic (exact) mass is 200 g/mol. The van der Waals surface area contributed by atoms with Crippen molar-refractivity contribution >= 4 is 11.1 Å². The molecule has 1 rings (SSSR count). The van der Waals surface area contributed by atoms with Crippen molar-refractivity contribution < 1.29 is 0 Å². The highest BCUT2D eigenvalue weighted by Crippen LogP contribution is 2.31. The molecule has 80 valence electrons. The molecule has 0 nitrogen and oxygen atoms in total. The number of hydrogen-bond donors (Lipinski definition) is 0. The van der Waals surface area contributed by atoms with E-state index in [9.17, 15) is 0 Å². The molecule has 0 fully saturated rings. The predicted octanol–water partition coefficient (Wildman–Crippen LogP) is 4.88. The number of allylic oxidation sites excluding steroid dienone is 2. The first-order valence-electron chi connectivity index (χ1n) is 5.39. The van der Waals surface area contributed by atoms with Crippen molar-refractivity contribution in [2.75, 3.05) is 0 Å². The van der Waals surface area contributed by atoms with E-state index < -0.39 is 0 Å². The Morgan fingerprint density at radius 1 is 1.00 bits per heavy atom. The predicted molar refractivity (Wildman–Crippen MR) is 69.9 cm³/mol. The zero-order valence-electron chi connectivity index (χ0n) is 10.2. The lowest BCUT2D eigenvalue weighted by Crippen LogP contribution is -1.99. The molecule has 0 unspecified atom stereocenters. The van der Waals surface area contributed by atoms with E-state index in [4.69, 9.17) is 0 Å². The van der Waals surface area contributed by atoms with Crippen molar-refractivity contribution in [1.82, 2.24) is 0 Å². The zero-order chi connectivity index (χ0) is 11.6. The average Bonchev–Trinajstić information content (AvgIpc) is 2.16.